The van der Waals surface area contributed by atoms with Crippen molar-refractivity contribution in [2.75, 3.05) is 49.4 Å². The number of nitrogens with zero attached hydrogens (tertiary/aromatic N) is 1. The van der Waals surface area contributed by atoms with Crippen LogP contribution in [0, 0.1) is 6.92 Å². The number of amides is 1. The smallest absolute Gasteiger partial charge is 0.267 e. The Morgan fingerprint density at radius 1 is 1.03 bits per heavy atom. The van der Waals surface area contributed by atoms with Gasteiger partial charge in [0.25, 0.3) is 5.91 Å². The van der Waals surface area contributed by atoms with E-state index in [1.165, 1.54) is 28.2 Å². The highest BCUT2D eigenvalue weighted by Crippen LogP contribution is 2.36. The molecule has 6 nitrogen and oxygen atoms in total. The van der Waals surface area contributed by atoms with Crippen LogP contribution >= 0.6 is 33.9 Å². The van der Waals surface area contributed by atoms with E-state index in [2.05, 4.69) is 101 Å². The molecule has 0 fully saturated rings. The molecule has 204 valence electrons. The average molecular weight is 656 g/mol. The molecule has 0 aliphatic rings. The first kappa shape index (κ1) is 28.8. The zero-order valence-electron chi connectivity index (χ0n) is 22.7. The Balaban J connectivity index is 1.42. The topological polar surface area (TPSA) is 62.8 Å². The standard InChI is InChI=1S/C31H34IN3O3S/c1-5-35(25-8-6-7-21(2)17-25)15-16-38-27-14-13-24(18-28(27)37-4)34-31(36)30-26(33-3)19-29(39-30)23-11-9-22(20-32)10-12-23/h6-14,17-19,33H,5,15-16,20H2,1-4H3,(H,34,36). The van der Waals surface area contributed by atoms with Crippen molar-refractivity contribution in [3.8, 4) is 21.9 Å². The predicted octanol–water partition coefficient (Wildman–Crippen LogP) is 7.87. The van der Waals surface area contributed by atoms with Gasteiger partial charge in [-0.3, -0.25) is 4.79 Å². The van der Waals surface area contributed by atoms with Gasteiger partial charge in [-0.25, -0.2) is 0 Å². The Bertz CT molecular complexity index is 1400. The quantitative estimate of drug-likeness (QED) is 0.120. The molecule has 0 bridgehead atoms. The van der Waals surface area contributed by atoms with Crippen LogP contribution in [0.5, 0.6) is 11.5 Å². The highest BCUT2D eigenvalue weighted by Gasteiger charge is 2.18. The maximum absolute atomic E-state index is 13.2. The third-order valence-electron chi connectivity index (χ3n) is 6.39. The Kier molecular flexibility index (Phi) is 10.1. The molecule has 0 unspecified atom stereocenters. The summed E-state index contributed by atoms with van der Waals surface area (Å²) in [6, 6.07) is 24.4. The fourth-order valence-corrected chi connectivity index (χ4v) is 5.83. The van der Waals surface area contributed by atoms with Gasteiger partial charge < -0.3 is 25.0 Å². The van der Waals surface area contributed by atoms with Gasteiger partial charge in [-0.05, 0) is 60.9 Å². The molecule has 3 aromatic carbocycles. The molecular formula is C31H34IN3O3S. The SMILES string of the molecule is CCN(CCOc1ccc(NC(=O)c2sc(-c3ccc(CI)cc3)cc2NC)cc1OC)c1cccc(C)c1. The second kappa shape index (κ2) is 13.7. The first-order valence-electron chi connectivity index (χ1n) is 12.9. The lowest BCUT2D eigenvalue weighted by Crippen LogP contribution is -2.28. The molecule has 1 heterocycles. The van der Waals surface area contributed by atoms with Crippen molar-refractivity contribution in [1.82, 2.24) is 0 Å². The Morgan fingerprint density at radius 3 is 2.49 bits per heavy atom. The molecule has 1 amide bonds. The molecule has 0 saturated heterocycles. The van der Waals surface area contributed by atoms with Gasteiger partial charge in [0.15, 0.2) is 11.5 Å². The van der Waals surface area contributed by atoms with E-state index < -0.39 is 0 Å². The van der Waals surface area contributed by atoms with Crippen molar-refractivity contribution in [3.05, 3.63) is 88.8 Å². The largest absolute Gasteiger partial charge is 0.493 e. The molecule has 1 aromatic heterocycles. The first-order valence-corrected chi connectivity index (χ1v) is 15.2. The van der Waals surface area contributed by atoms with Gasteiger partial charge in [-0.1, -0.05) is 59.0 Å². The van der Waals surface area contributed by atoms with Crippen molar-refractivity contribution in [1.29, 1.82) is 0 Å². The molecule has 2 N–H and O–H groups in total. The number of methoxy groups -OCH3 is 1. The molecule has 0 radical (unpaired) electrons. The lowest BCUT2D eigenvalue weighted by molar-refractivity contribution is 0.103. The second-order valence-corrected chi connectivity index (χ2v) is 10.8. The maximum Gasteiger partial charge on any atom is 0.267 e. The molecule has 0 aliphatic carbocycles. The molecule has 0 atom stereocenters. The highest BCUT2D eigenvalue weighted by atomic mass is 127. The number of nitrogens with one attached hydrogen (secondary N) is 2. The van der Waals surface area contributed by atoms with Gasteiger partial charge in [-0.15, -0.1) is 11.3 Å². The van der Waals surface area contributed by atoms with E-state index in [0.717, 1.165) is 33.6 Å². The van der Waals surface area contributed by atoms with Crippen molar-refractivity contribution in [2.24, 2.45) is 0 Å². The Hall–Kier alpha value is -3.24. The summed E-state index contributed by atoms with van der Waals surface area (Å²) in [5.41, 5.74) is 6.22. The molecule has 39 heavy (non-hydrogen) atoms. The number of alkyl halides is 1. The molecule has 0 aliphatic heterocycles. The number of anilines is 3. The number of halogens is 1. The maximum atomic E-state index is 13.2. The molecule has 0 spiro atoms. The number of ether oxygens (including phenoxy) is 2. The summed E-state index contributed by atoms with van der Waals surface area (Å²) in [5.74, 6) is 1.04. The van der Waals surface area contributed by atoms with Crippen molar-refractivity contribution in [3.63, 3.8) is 0 Å². The summed E-state index contributed by atoms with van der Waals surface area (Å²) in [6.07, 6.45) is 0. The summed E-state index contributed by atoms with van der Waals surface area (Å²) in [7, 11) is 3.43. The second-order valence-electron chi connectivity index (χ2n) is 9.02. The van der Waals surface area contributed by atoms with Crippen LogP contribution in [-0.4, -0.2) is 39.8 Å². The van der Waals surface area contributed by atoms with Crippen LogP contribution in [0.1, 0.15) is 27.7 Å². The Labute approximate surface area is 248 Å². The van der Waals surface area contributed by atoms with Gasteiger partial charge >= 0.3 is 0 Å². The van der Waals surface area contributed by atoms with E-state index in [4.69, 9.17) is 9.47 Å². The zero-order chi connectivity index (χ0) is 27.8. The van der Waals surface area contributed by atoms with E-state index in [-0.39, 0.29) is 5.91 Å². The number of likely N-dealkylation sites (N-methyl/N-ethyl adjacent to an activating group) is 1. The predicted molar refractivity (Wildman–Crippen MR) is 173 cm³/mol. The lowest BCUT2D eigenvalue weighted by Gasteiger charge is -2.24. The number of hydrogen-bond donors (Lipinski definition) is 2. The van der Waals surface area contributed by atoms with Crippen molar-refractivity contribution in [2.45, 2.75) is 18.3 Å². The Morgan fingerprint density at radius 2 is 1.82 bits per heavy atom. The van der Waals surface area contributed by atoms with Crippen molar-refractivity contribution >= 4 is 56.9 Å². The lowest BCUT2D eigenvalue weighted by atomic mass is 10.1. The molecule has 8 heteroatoms. The summed E-state index contributed by atoms with van der Waals surface area (Å²) in [5, 5.41) is 6.17. The minimum atomic E-state index is -0.174. The summed E-state index contributed by atoms with van der Waals surface area (Å²) in [6.45, 7) is 6.37. The van der Waals surface area contributed by atoms with Crippen molar-refractivity contribution < 1.29 is 14.3 Å². The molecular weight excluding hydrogens is 621 g/mol. The van der Waals surface area contributed by atoms with Crippen LogP contribution in [0.2, 0.25) is 0 Å². The third kappa shape index (κ3) is 7.24. The van der Waals surface area contributed by atoms with Gasteiger partial charge in [0.1, 0.15) is 11.5 Å². The van der Waals surface area contributed by atoms with Crippen LogP contribution in [0.3, 0.4) is 0 Å². The fourth-order valence-electron chi connectivity index (χ4n) is 4.26. The number of thiophene rings is 1. The molecule has 0 saturated carbocycles. The average Bonchev–Trinajstić information content (AvgIpc) is 3.41. The molecule has 4 rings (SSSR count). The highest BCUT2D eigenvalue weighted by molar-refractivity contribution is 14.1. The van der Waals surface area contributed by atoms with Gasteiger partial charge in [-0.2, -0.15) is 0 Å². The van der Waals surface area contributed by atoms with Crippen LogP contribution < -0.4 is 25.0 Å². The number of carbonyl (C=O) groups is 1. The number of rotatable bonds is 12. The van der Waals surface area contributed by atoms with Gasteiger partial charge in [0.2, 0.25) is 0 Å². The van der Waals surface area contributed by atoms with Gasteiger partial charge in [0, 0.05) is 40.3 Å². The van der Waals surface area contributed by atoms with Crippen LogP contribution in [0.25, 0.3) is 10.4 Å². The van der Waals surface area contributed by atoms with E-state index in [0.29, 0.717) is 28.7 Å². The van der Waals surface area contributed by atoms with E-state index in [1.54, 1.807) is 13.2 Å². The number of aryl methyl sites for hydroxylation is 1. The number of hydrogen-bond acceptors (Lipinski definition) is 6. The fraction of sp³-hybridized carbons (Fsp3) is 0.258. The van der Waals surface area contributed by atoms with E-state index >= 15 is 0 Å². The molecule has 4 aromatic rings. The van der Waals surface area contributed by atoms with E-state index in [1.807, 2.05) is 25.2 Å². The minimum absolute atomic E-state index is 0.174. The van der Waals surface area contributed by atoms with Gasteiger partial charge in [0.05, 0.1) is 19.3 Å². The number of benzene rings is 3. The normalized spacial score (nSPS) is 10.7. The zero-order valence-corrected chi connectivity index (χ0v) is 25.7. The summed E-state index contributed by atoms with van der Waals surface area (Å²) in [4.78, 5) is 17.2. The first-order chi connectivity index (χ1) is 18.9. The third-order valence-corrected chi connectivity index (χ3v) is 8.45. The monoisotopic (exact) mass is 655 g/mol. The van der Waals surface area contributed by atoms with Crippen LogP contribution in [-0.2, 0) is 4.43 Å². The number of carbonyl (C=O) groups excluding carboxylic acids is 1. The summed E-state index contributed by atoms with van der Waals surface area (Å²) >= 11 is 3.82. The van der Waals surface area contributed by atoms with Crippen LogP contribution in [0.15, 0.2) is 72.8 Å². The van der Waals surface area contributed by atoms with E-state index in [9.17, 15) is 4.79 Å². The van der Waals surface area contributed by atoms with Crippen LogP contribution in [0.4, 0.5) is 17.1 Å². The minimum Gasteiger partial charge on any atom is -0.493 e. The summed E-state index contributed by atoms with van der Waals surface area (Å²) < 4.78 is 12.6.